The molecule has 2 aromatic carbocycles. The summed E-state index contributed by atoms with van der Waals surface area (Å²) in [7, 11) is 0. The number of nitrogens with zero attached hydrogens (tertiary/aromatic N) is 3. The first-order chi connectivity index (χ1) is 14.8. The van der Waals surface area contributed by atoms with Crippen molar-refractivity contribution in [1.29, 1.82) is 0 Å². The normalized spacial score (nSPS) is 11.5. The Morgan fingerprint density at radius 1 is 1.10 bits per heavy atom. The van der Waals surface area contributed by atoms with Crippen molar-refractivity contribution < 1.29 is 9.59 Å². The summed E-state index contributed by atoms with van der Waals surface area (Å²) in [6.45, 7) is 7.64. The predicted molar refractivity (Wildman–Crippen MR) is 126 cm³/mol. The quantitative estimate of drug-likeness (QED) is 0.311. The van der Waals surface area contributed by atoms with Crippen LogP contribution < -0.4 is 10.3 Å². The summed E-state index contributed by atoms with van der Waals surface area (Å²) >= 11 is 7.56. The molecule has 0 aliphatic heterocycles. The van der Waals surface area contributed by atoms with E-state index in [9.17, 15) is 9.59 Å². The Kier molecular flexibility index (Phi) is 7.20. The SMILES string of the molecule is Cc1nc(C)c(/C(=N\N(C=O)c2ccc(C(=O)NC(C)C)cc2)c2ccc(Cl)cc2)s1. The van der Waals surface area contributed by atoms with Crippen LogP contribution in [0.25, 0.3) is 0 Å². The average molecular weight is 455 g/mol. The molecular weight excluding hydrogens is 432 g/mol. The van der Waals surface area contributed by atoms with Crippen molar-refractivity contribution >= 4 is 46.7 Å². The summed E-state index contributed by atoms with van der Waals surface area (Å²) in [5.41, 5.74) is 3.33. The van der Waals surface area contributed by atoms with Gasteiger partial charge in [0.25, 0.3) is 5.91 Å². The van der Waals surface area contributed by atoms with Crippen LogP contribution in [-0.2, 0) is 4.79 Å². The molecule has 0 aliphatic rings. The van der Waals surface area contributed by atoms with Gasteiger partial charge in [-0.1, -0.05) is 23.7 Å². The first kappa shape index (κ1) is 22.7. The van der Waals surface area contributed by atoms with Gasteiger partial charge in [0.1, 0.15) is 5.71 Å². The van der Waals surface area contributed by atoms with Crippen LogP contribution in [0.5, 0.6) is 0 Å². The smallest absolute Gasteiger partial charge is 0.251 e. The van der Waals surface area contributed by atoms with E-state index in [1.165, 1.54) is 16.3 Å². The fraction of sp³-hybridized carbons (Fsp3) is 0.217. The van der Waals surface area contributed by atoms with E-state index < -0.39 is 0 Å². The van der Waals surface area contributed by atoms with Gasteiger partial charge in [0.15, 0.2) is 0 Å². The summed E-state index contributed by atoms with van der Waals surface area (Å²) < 4.78 is 0. The number of amides is 2. The van der Waals surface area contributed by atoms with Gasteiger partial charge >= 0.3 is 0 Å². The number of benzene rings is 2. The van der Waals surface area contributed by atoms with E-state index in [-0.39, 0.29) is 11.9 Å². The second-order valence-corrected chi connectivity index (χ2v) is 8.87. The molecule has 0 bridgehead atoms. The maximum absolute atomic E-state index is 12.2. The van der Waals surface area contributed by atoms with Crippen LogP contribution in [-0.4, -0.2) is 29.1 Å². The lowest BCUT2D eigenvalue weighted by molar-refractivity contribution is -0.107. The van der Waals surface area contributed by atoms with Crippen LogP contribution in [0.4, 0.5) is 5.69 Å². The Balaban J connectivity index is 2.01. The van der Waals surface area contributed by atoms with Gasteiger partial charge in [0.05, 0.1) is 21.3 Å². The first-order valence-corrected chi connectivity index (χ1v) is 10.9. The molecular formula is C23H23ClN4O2S. The van der Waals surface area contributed by atoms with Gasteiger partial charge < -0.3 is 5.32 Å². The second kappa shape index (κ2) is 9.85. The van der Waals surface area contributed by atoms with Gasteiger partial charge in [0, 0.05) is 22.2 Å². The highest BCUT2D eigenvalue weighted by atomic mass is 35.5. The molecule has 160 valence electrons. The molecule has 0 saturated heterocycles. The van der Waals surface area contributed by atoms with Crippen LogP contribution in [0.3, 0.4) is 0 Å². The fourth-order valence-corrected chi connectivity index (χ4v) is 4.01. The van der Waals surface area contributed by atoms with E-state index in [2.05, 4.69) is 15.4 Å². The molecule has 0 saturated carbocycles. The molecule has 0 spiro atoms. The molecule has 1 N–H and O–H groups in total. The number of thiazole rings is 1. The van der Waals surface area contributed by atoms with Crippen molar-refractivity contribution in [2.75, 3.05) is 5.01 Å². The third kappa shape index (κ3) is 5.57. The first-order valence-electron chi connectivity index (χ1n) is 9.73. The Labute approximate surface area is 190 Å². The third-order valence-corrected chi connectivity index (χ3v) is 5.69. The third-order valence-electron chi connectivity index (χ3n) is 4.36. The van der Waals surface area contributed by atoms with E-state index in [0.717, 1.165) is 21.1 Å². The number of halogens is 1. The number of anilines is 1. The highest BCUT2D eigenvalue weighted by Gasteiger charge is 2.17. The highest BCUT2D eigenvalue weighted by Crippen LogP contribution is 2.25. The van der Waals surface area contributed by atoms with Crippen LogP contribution in [0, 0.1) is 13.8 Å². The lowest BCUT2D eigenvalue weighted by Gasteiger charge is -2.15. The monoisotopic (exact) mass is 454 g/mol. The standard InChI is InChI=1S/C23H23ClN4O2S/c1-14(2)25-23(30)18-7-11-20(12-8-18)28(13-29)27-21(17-5-9-19(24)10-6-17)22-15(3)26-16(4)31-22/h5-14H,1-4H3,(H,25,30)/b27-21-. The summed E-state index contributed by atoms with van der Waals surface area (Å²) in [6, 6.07) is 14.0. The van der Waals surface area contributed by atoms with Crippen LogP contribution in [0.15, 0.2) is 53.6 Å². The van der Waals surface area contributed by atoms with E-state index >= 15 is 0 Å². The van der Waals surface area contributed by atoms with Crippen LogP contribution in [0.1, 0.15) is 45.3 Å². The molecule has 0 aliphatic carbocycles. The van der Waals surface area contributed by atoms with Crippen molar-refractivity contribution in [1.82, 2.24) is 10.3 Å². The van der Waals surface area contributed by atoms with Crippen LogP contribution >= 0.6 is 22.9 Å². The Morgan fingerprint density at radius 2 is 1.71 bits per heavy atom. The summed E-state index contributed by atoms with van der Waals surface area (Å²) in [4.78, 5) is 29.5. The molecule has 0 unspecified atom stereocenters. The Bertz CT molecular complexity index is 1110. The molecule has 3 aromatic rings. The largest absolute Gasteiger partial charge is 0.350 e. The number of rotatable bonds is 7. The van der Waals surface area contributed by atoms with Crippen molar-refractivity contribution in [3.05, 3.63) is 80.3 Å². The Hall–Kier alpha value is -3.03. The number of aryl methyl sites for hydroxylation is 2. The number of hydrogen-bond acceptors (Lipinski definition) is 5. The Morgan fingerprint density at radius 3 is 2.23 bits per heavy atom. The number of carbonyl (C=O) groups is 2. The van der Waals surface area contributed by atoms with Crippen molar-refractivity contribution in [2.45, 2.75) is 33.7 Å². The molecule has 31 heavy (non-hydrogen) atoms. The van der Waals surface area contributed by atoms with Crippen molar-refractivity contribution in [3.63, 3.8) is 0 Å². The second-order valence-electron chi connectivity index (χ2n) is 7.23. The van der Waals surface area contributed by atoms with E-state index in [1.54, 1.807) is 36.4 Å². The number of hydrazone groups is 1. The molecule has 1 aromatic heterocycles. The van der Waals surface area contributed by atoms with Gasteiger partial charge in [-0.05, 0) is 64.1 Å². The lowest BCUT2D eigenvalue weighted by Crippen LogP contribution is -2.30. The molecule has 0 atom stereocenters. The minimum atomic E-state index is -0.166. The zero-order chi connectivity index (χ0) is 22.5. The molecule has 3 rings (SSSR count). The number of carbonyl (C=O) groups excluding carboxylic acids is 2. The molecule has 2 amide bonds. The number of hydrogen-bond donors (Lipinski definition) is 1. The maximum atomic E-state index is 12.2. The van der Waals surface area contributed by atoms with Gasteiger partial charge in [-0.25, -0.2) is 9.99 Å². The zero-order valence-corrected chi connectivity index (χ0v) is 19.3. The molecule has 1 heterocycles. The summed E-state index contributed by atoms with van der Waals surface area (Å²) in [6.07, 6.45) is 0.641. The van der Waals surface area contributed by atoms with Gasteiger partial charge in [0.2, 0.25) is 6.41 Å². The average Bonchev–Trinajstić information content (AvgIpc) is 3.07. The zero-order valence-electron chi connectivity index (χ0n) is 17.7. The van der Waals surface area contributed by atoms with Crippen molar-refractivity contribution in [3.8, 4) is 0 Å². The van der Waals surface area contributed by atoms with Crippen LogP contribution in [0.2, 0.25) is 5.02 Å². The van der Waals surface area contributed by atoms with E-state index in [4.69, 9.17) is 11.6 Å². The summed E-state index contributed by atoms with van der Waals surface area (Å²) in [5.74, 6) is -0.166. The molecule has 8 heteroatoms. The highest BCUT2D eigenvalue weighted by molar-refractivity contribution is 7.14. The van der Waals surface area contributed by atoms with Gasteiger partial charge in [-0.3, -0.25) is 9.59 Å². The maximum Gasteiger partial charge on any atom is 0.251 e. The van der Waals surface area contributed by atoms with E-state index in [0.29, 0.717) is 28.4 Å². The number of nitrogens with one attached hydrogen (secondary N) is 1. The fourth-order valence-electron chi connectivity index (χ4n) is 2.95. The van der Waals surface area contributed by atoms with E-state index in [1.807, 2.05) is 39.8 Å². The topological polar surface area (TPSA) is 74.7 Å². The van der Waals surface area contributed by atoms with Gasteiger partial charge in [-0.2, -0.15) is 5.10 Å². The number of aromatic nitrogens is 1. The molecule has 6 nitrogen and oxygen atoms in total. The minimum Gasteiger partial charge on any atom is -0.350 e. The predicted octanol–water partition coefficient (Wildman–Crippen LogP) is 4.97. The lowest BCUT2D eigenvalue weighted by atomic mass is 10.1. The summed E-state index contributed by atoms with van der Waals surface area (Å²) in [5, 5.41) is 10.3. The van der Waals surface area contributed by atoms with Gasteiger partial charge in [-0.15, -0.1) is 11.3 Å². The molecule has 0 radical (unpaired) electrons. The van der Waals surface area contributed by atoms with Crippen molar-refractivity contribution in [2.24, 2.45) is 5.10 Å². The molecule has 0 fully saturated rings. The minimum absolute atomic E-state index is 0.0382.